The molecule has 2 aromatic heterocycles. The van der Waals surface area contributed by atoms with Crippen LogP contribution in [0.15, 0.2) is 58.8 Å². The average Bonchev–Trinajstić information content (AvgIpc) is 3.41. The summed E-state index contributed by atoms with van der Waals surface area (Å²) >= 11 is 2.59. The van der Waals surface area contributed by atoms with E-state index in [0.717, 1.165) is 39.1 Å². The Morgan fingerprint density at radius 1 is 1.03 bits per heavy atom. The summed E-state index contributed by atoms with van der Waals surface area (Å²) < 4.78 is 94.9. The van der Waals surface area contributed by atoms with Crippen LogP contribution in [0, 0.1) is 11.6 Å². The number of thioether (sulfide) groups is 1. The summed E-state index contributed by atoms with van der Waals surface area (Å²) in [5, 5.41) is 5.01. The van der Waals surface area contributed by atoms with E-state index in [4.69, 9.17) is 0 Å². The largest absolute Gasteiger partial charge is 0.459 e. The van der Waals surface area contributed by atoms with Gasteiger partial charge in [-0.15, -0.1) is 23.1 Å². The molecule has 0 aliphatic carbocycles. The molecule has 174 valence electrons. The zero-order valence-electron chi connectivity index (χ0n) is 16.7. The lowest BCUT2D eigenvalue weighted by molar-refractivity contribution is -0.249. The van der Waals surface area contributed by atoms with Crippen molar-refractivity contribution in [2.24, 2.45) is 5.10 Å². The number of hydrogen-bond donors (Lipinski definition) is 0. The van der Waals surface area contributed by atoms with E-state index in [-0.39, 0.29) is 0 Å². The SMILES string of the molecule is CSc1ccc(-c2ccc(C3CC(C(F)(F)C(F)(F)F)=NN3c3ccc(F)cc3F)s2)cn1. The highest BCUT2D eigenvalue weighted by Crippen LogP contribution is 2.46. The first-order chi connectivity index (χ1) is 15.5. The lowest BCUT2D eigenvalue weighted by Crippen LogP contribution is -2.43. The third-order valence-corrected chi connectivity index (χ3v) is 6.87. The van der Waals surface area contributed by atoms with Crippen LogP contribution in [0.5, 0.6) is 0 Å². The number of rotatable bonds is 5. The molecule has 0 spiro atoms. The normalized spacial score (nSPS) is 16.9. The molecule has 0 fully saturated rings. The lowest BCUT2D eigenvalue weighted by Gasteiger charge is -2.23. The molecule has 1 atom stereocenters. The fourth-order valence-corrected chi connectivity index (χ4v) is 4.75. The van der Waals surface area contributed by atoms with Crippen LogP contribution in [-0.4, -0.2) is 29.1 Å². The molecular weight excluding hydrogens is 491 g/mol. The van der Waals surface area contributed by atoms with Crippen LogP contribution in [-0.2, 0) is 0 Å². The predicted molar refractivity (Wildman–Crippen MR) is 114 cm³/mol. The molecule has 0 radical (unpaired) electrons. The van der Waals surface area contributed by atoms with Crippen LogP contribution >= 0.6 is 23.1 Å². The highest BCUT2D eigenvalue weighted by atomic mass is 32.2. The molecular formula is C21H14F7N3S2. The van der Waals surface area contributed by atoms with Gasteiger partial charge in [0.15, 0.2) is 5.82 Å². The van der Waals surface area contributed by atoms with Crippen molar-refractivity contribution >= 4 is 34.5 Å². The summed E-state index contributed by atoms with van der Waals surface area (Å²) in [6, 6.07) is 8.05. The quantitative estimate of drug-likeness (QED) is 0.269. The fraction of sp³-hybridized carbons (Fsp3) is 0.238. The smallest absolute Gasteiger partial charge is 0.254 e. The molecule has 0 amide bonds. The molecule has 0 saturated carbocycles. The van der Waals surface area contributed by atoms with Gasteiger partial charge in [0.25, 0.3) is 0 Å². The van der Waals surface area contributed by atoms with Crippen LogP contribution in [0.4, 0.5) is 36.4 Å². The zero-order chi connectivity index (χ0) is 24.0. The Balaban J connectivity index is 1.74. The van der Waals surface area contributed by atoms with Crippen molar-refractivity contribution < 1.29 is 30.7 Å². The molecule has 33 heavy (non-hydrogen) atoms. The molecule has 1 unspecified atom stereocenters. The van der Waals surface area contributed by atoms with E-state index < -0.39 is 47.6 Å². The van der Waals surface area contributed by atoms with Gasteiger partial charge in [0.1, 0.15) is 11.5 Å². The van der Waals surface area contributed by atoms with Gasteiger partial charge in [-0.25, -0.2) is 13.8 Å². The van der Waals surface area contributed by atoms with Gasteiger partial charge in [-0.3, -0.25) is 5.01 Å². The second-order valence-corrected chi connectivity index (χ2v) is 9.01. The van der Waals surface area contributed by atoms with Crippen LogP contribution in [0.25, 0.3) is 10.4 Å². The van der Waals surface area contributed by atoms with Gasteiger partial charge in [-0.05, 0) is 42.7 Å². The number of benzene rings is 1. The summed E-state index contributed by atoms with van der Waals surface area (Å²) in [5.74, 6) is -7.25. The van der Waals surface area contributed by atoms with E-state index in [9.17, 15) is 30.7 Å². The maximum atomic E-state index is 14.4. The van der Waals surface area contributed by atoms with Crippen molar-refractivity contribution in [1.29, 1.82) is 0 Å². The summed E-state index contributed by atoms with van der Waals surface area (Å²) in [4.78, 5) is 5.34. The van der Waals surface area contributed by atoms with E-state index in [1.165, 1.54) is 11.8 Å². The van der Waals surface area contributed by atoms with Gasteiger partial charge in [0, 0.05) is 34.0 Å². The lowest BCUT2D eigenvalue weighted by atomic mass is 10.0. The molecule has 3 aromatic rings. The van der Waals surface area contributed by atoms with Gasteiger partial charge in [0.2, 0.25) is 0 Å². The van der Waals surface area contributed by atoms with E-state index in [0.29, 0.717) is 15.8 Å². The molecule has 0 saturated heterocycles. The third-order valence-electron chi connectivity index (χ3n) is 4.97. The second kappa shape index (κ2) is 8.64. The average molecular weight is 505 g/mol. The maximum Gasteiger partial charge on any atom is 0.459 e. The van der Waals surface area contributed by atoms with E-state index in [1.807, 2.05) is 6.26 Å². The molecule has 1 aliphatic rings. The number of alkyl halides is 5. The van der Waals surface area contributed by atoms with E-state index in [1.54, 1.807) is 30.5 Å². The molecule has 1 aromatic carbocycles. The van der Waals surface area contributed by atoms with Gasteiger partial charge in [-0.1, -0.05) is 0 Å². The van der Waals surface area contributed by atoms with Gasteiger partial charge in [0.05, 0.1) is 16.8 Å². The molecule has 1 aliphatic heterocycles. The first-order valence-electron chi connectivity index (χ1n) is 9.38. The minimum absolute atomic E-state index is 0.388. The number of thiophene rings is 1. The van der Waals surface area contributed by atoms with Crippen molar-refractivity contribution in [3.63, 3.8) is 0 Å². The van der Waals surface area contributed by atoms with Crippen molar-refractivity contribution in [2.75, 3.05) is 11.3 Å². The number of halogens is 7. The number of aromatic nitrogens is 1. The zero-order valence-corrected chi connectivity index (χ0v) is 18.3. The number of pyridine rings is 1. The monoisotopic (exact) mass is 505 g/mol. The van der Waals surface area contributed by atoms with Gasteiger partial charge in [-0.2, -0.15) is 27.1 Å². The van der Waals surface area contributed by atoms with Crippen LogP contribution in [0.1, 0.15) is 17.3 Å². The number of hydrogen-bond acceptors (Lipinski definition) is 5. The first kappa shape index (κ1) is 23.6. The third kappa shape index (κ3) is 4.45. The Bertz CT molecular complexity index is 1190. The maximum absolute atomic E-state index is 14.4. The van der Waals surface area contributed by atoms with Gasteiger partial charge >= 0.3 is 12.1 Å². The fourth-order valence-electron chi connectivity index (χ4n) is 3.31. The summed E-state index contributed by atoms with van der Waals surface area (Å²) in [5.41, 5.74) is -1.12. The minimum Gasteiger partial charge on any atom is -0.254 e. The molecule has 4 rings (SSSR count). The number of anilines is 1. The van der Waals surface area contributed by atoms with E-state index in [2.05, 4.69) is 10.1 Å². The van der Waals surface area contributed by atoms with Crippen LogP contribution in [0.2, 0.25) is 0 Å². The molecule has 3 nitrogen and oxygen atoms in total. The molecule has 0 N–H and O–H groups in total. The number of nitrogens with zero attached hydrogens (tertiary/aromatic N) is 3. The molecule has 0 bridgehead atoms. The van der Waals surface area contributed by atoms with Crippen molar-refractivity contribution in [1.82, 2.24) is 4.98 Å². The van der Waals surface area contributed by atoms with E-state index >= 15 is 0 Å². The highest BCUT2D eigenvalue weighted by Gasteiger charge is 2.63. The highest BCUT2D eigenvalue weighted by molar-refractivity contribution is 7.98. The Morgan fingerprint density at radius 3 is 2.39 bits per heavy atom. The van der Waals surface area contributed by atoms with Crippen LogP contribution < -0.4 is 5.01 Å². The summed E-state index contributed by atoms with van der Waals surface area (Å²) in [7, 11) is 0. The first-order valence-corrected chi connectivity index (χ1v) is 11.4. The Morgan fingerprint density at radius 2 is 1.79 bits per heavy atom. The Labute approximate surface area is 191 Å². The Hall–Kier alpha value is -2.60. The minimum atomic E-state index is -5.86. The Kier molecular flexibility index (Phi) is 6.16. The standard InChI is InChI=1S/C21H14F7N3S2/c1-32-19-7-2-11(10-29-19)16-5-6-17(33-16)15-9-18(20(24,25)21(26,27)28)30-31(15)14-4-3-12(22)8-13(14)23/h2-8,10,15H,9H2,1H3. The molecule has 12 heteroatoms. The van der Waals surface area contributed by atoms with Crippen molar-refractivity contribution in [3.8, 4) is 10.4 Å². The topological polar surface area (TPSA) is 28.5 Å². The number of hydrazone groups is 1. The predicted octanol–water partition coefficient (Wildman–Crippen LogP) is 7.32. The molecule has 3 heterocycles. The summed E-state index contributed by atoms with van der Waals surface area (Å²) in [6.45, 7) is 0. The van der Waals surface area contributed by atoms with Gasteiger partial charge < -0.3 is 0 Å². The van der Waals surface area contributed by atoms with Crippen LogP contribution in [0.3, 0.4) is 0 Å². The van der Waals surface area contributed by atoms with Crippen molar-refractivity contribution in [2.45, 2.75) is 29.6 Å². The summed E-state index contributed by atoms with van der Waals surface area (Å²) in [6.07, 6.45) is -3.16. The second-order valence-electron chi connectivity index (χ2n) is 7.07. The van der Waals surface area contributed by atoms with Crippen molar-refractivity contribution in [3.05, 3.63) is 65.2 Å².